The molecule has 0 amide bonds. The van der Waals surface area contributed by atoms with Gasteiger partial charge < -0.3 is 15.6 Å². The molecule has 3 N–H and O–H groups in total. The van der Waals surface area contributed by atoms with Crippen molar-refractivity contribution < 1.29 is 9.84 Å². The summed E-state index contributed by atoms with van der Waals surface area (Å²) in [6.45, 7) is 4.95. The summed E-state index contributed by atoms with van der Waals surface area (Å²) in [4.78, 5) is 0. The Morgan fingerprint density at radius 2 is 2.08 bits per heavy atom. The minimum atomic E-state index is -0.0706. The second-order valence-electron chi connectivity index (χ2n) is 3.57. The van der Waals surface area contributed by atoms with Crippen molar-refractivity contribution in [1.29, 1.82) is 0 Å². The van der Waals surface area contributed by atoms with Crippen LogP contribution in [-0.2, 0) is 4.74 Å². The molecule has 0 saturated heterocycles. The van der Waals surface area contributed by atoms with Gasteiger partial charge >= 0.3 is 0 Å². The molecule has 0 spiro atoms. The minimum Gasteiger partial charge on any atom is -0.395 e. The number of thioether (sulfide) groups is 1. The van der Waals surface area contributed by atoms with E-state index in [1.54, 1.807) is 18.9 Å². The van der Waals surface area contributed by atoms with Crippen LogP contribution in [0.5, 0.6) is 0 Å². The van der Waals surface area contributed by atoms with Crippen LogP contribution in [-0.4, -0.2) is 42.5 Å². The molecule has 0 heterocycles. The largest absolute Gasteiger partial charge is 0.395 e. The summed E-state index contributed by atoms with van der Waals surface area (Å²) in [7, 11) is 1.63. The highest BCUT2D eigenvalue weighted by molar-refractivity contribution is 8.00. The van der Waals surface area contributed by atoms with Gasteiger partial charge in [-0.2, -0.15) is 11.8 Å². The zero-order chi connectivity index (χ0) is 10.3. The Hall–Kier alpha value is 0.230. The molecule has 80 valence electrons. The summed E-state index contributed by atoms with van der Waals surface area (Å²) in [6, 6.07) is -0.0706. The van der Waals surface area contributed by atoms with Crippen molar-refractivity contribution in [1.82, 2.24) is 0 Å². The van der Waals surface area contributed by atoms with Crippen molar-refractivity contribution in [2.75, 3.05) is 26.1 Å². The predicted octanol–water partition coefficient (Wildman–Crippen LogP) is 0.710. The molecule has 0 fully saturated rings. The lowest BCUT2D eigenvalue weighted by atomic mass is 10.2. The monoisotopic (exact) mass is 207 g/mol. The van der Waals surface area contributed by atoms with Crippen molar-refractivity contribution in [3.05, 3.63) is 0 Å². The van der Waals surface area contributed by atoms with Crippen molar-refractivity contribution in [3.63, 3.8) is 0 Å². The summed E-state index contributed by atoms with van der Waals surface area (Å²) in [5.41, 5.74) is 5.82. The molecule has 0 radical (unpaired) electrons. The van der Waals surface area contributed by atoms with E-state index in [9.17, 15) is 0 Å². The smallest absolute Gasteiger partial charge is 0.0625 e. The first-order valence-electron chi connectivity index (χ1n) is 4.58. The van der Waals surface area contributed by atoms with Crippen molar-refractivity contribution in [2.24, 2.45) is 11.7 Å². The molecule has 0 aromatic rings. The van der Waals surface area contributed by atoms with E-state index < -0.39 is 0 Å². The maximum Gasteiger partial charge on any atom is 0.0625 e. The Bertz CT molecular complexity index is 122. The average molecular weight is 207 g/mol. The molecule has 0 aliphatic heterocycles. The Balaban J connectivity index is 3.73. The van der Waals surface area contributed by atoms with Crippen LogP contribution < -0.4 is 5.73 Å². The molecular weight excluding hydrogens is 186 g/mol. The van der Waals surface area contributed by atoms with Gasteiger partial charge in [-0.25, -0.2) is 0 Å². The Morgan fingerprint density at radius 3 is 2.46 bits per heavy atom. The average Bonchev–Trinajstić information content (AvgIpc) is 2.05. The molecular formula is C9H21NO2S. The zero-order valence-corrected chi connectivity index (χ0v) is 9.51. The van der Waals surface area contributed by atoms with Gasteiger partial charge in [0.25, 0.3) is 0 Å². The molecule has 0 aliphatic carbocycles. The van der Waals surface area contributed by atoms with E-state index in [1.807, 2.05) is 0 Å². The van der Waals surface area contributed by atoms with E-state index in [1.165, 1.54) is 0 Å². The second kappa shape index (κ2) is 7.62. The quantitative estimate of drug-likeness (QED) is 0.645. The second-order valence-corrected chi connectivity index (χ2v) is 4.84. The van der Waals surface area contributed by atoms with Gasteiger partial charge in [-0.3, -0.25) is 0 Å². The summed E-state index contributed by atoms with van der Waals surface area (Å²) in [5, 5.41) is 9.18. The SMILES string of the molecule is COCC(N)C(CO)SCC(C)C. The molecule has 4 heteroatoms. The van der Waals surface area contributed by atoms with Gasteiger partial charge in [-0.15, -0.1) is 0 Å². The lowest BCUT2D eigenvalue weighted by Crippen LogP contribution is -2.39. The molecule has 0 saturated carbocycles. The van der Waals surface area contributed by atoms with Gasteiger partial charge in [-0.1, -0.05) is 13.8 Å². The fourth-order valence-electron chi connectivity index (χ4n) is 0.928. The van der Waals surface area contributed by atoms with Gasteiger partial charge in [0.05, 0.1) is 13.2 Å². The van der Waals surface area contributed by atoms with Crippen LogP contribution >= 0.6 is 11.8 Å². The molecule has 13 heavy (non-hydrogen) atoms. The van der Waals surface area contributed by atoms with Crippen LogP contribution in [0, 0.1) is 5.92 Å². The summed E-state index contributed by atoms with van der Waals surface area (Å²) in [5.74, 6) is 1.66. The number of aliphatic hydroxyl groups excluding tert-OH is 1. The topological polar surface area (TPSA) is 55.5 Å². The highest BCUT2D eigenvalue weighted by atomic mass is 32.2. The first-order chi connectivity index (χ1) is 6.11. The number of ether oxygens (including phenoxy) is 1. The van der Waals surface area contributed by atoms with Gasteiger partial charge in [-0.05, 0) is 11.7 Å². The van der Waals surface area contributed by atoms with E-state index in [-0.39, 0.29) is 17.9 Å². The molecule has 0 bridgehead atoms. The van der Waals surface area contributed by atoms with Crippen LogP contribution in [0.3, 0.4) is 0 Å². The highest BCUT2D eigenvalue weighted by Crippen LogP contribution is 2.16. The molecule has 2 atom stereocenters. The normalized spacial score (nSPS) is 16.2. The lowest BCUT2D eigenvalue weighted by molar-refractivity contribution is 0.167. The Kier molecular flexibility index (Phi) is 7.75. The van der Waals surface area contributed by atoms with Crippen LogP contribution in [0.1, 0.15) is 13.8 Å². The third-order valence-corrected chi connectivity index (χ3v) is 3.45. The minimum absolute atomic E-state index is 0.0706. The number of nitrogens with two attached hydrogens (primary N) is 1. The van der Waals surface area contributed by atoms with Crippen LogP contribution in [0.25, 0.3) is 0 Å². The van der Waals surface area contributed by atoms with E-state index in [4.69, 9.17) is 15.6 Å². The summed E-state index contributed by atoms with van der Waals surface area (Å²) >= 11 is 1.72. The van der Waals surface area contributed by atoms with Crippen LogP contribution in [0.15, 0.2) is 0 Å². The number of aliphatic hydroxyl groups is 1. The number of rotatable bonds is 7. The molecule has 2 unspecified atom stereocenters. The fraction of sp³-hybridized carbons (Fsp3) is 1.00. The number of methoxy groups -OCH3 is 1. The van der Waals surface area contributed by atoms with Crippen molar-refractivity contribution in [2.45, 2.75) is 25.1 Å². The molecule has 3 nitrogen and oxygen atoms in total. The predicted molar refractivity (Wildman–Crippen MR) is 58.0 cm³/mol. The summed E-state index contributed by atoms with van der Waals surface area (Å²) in [6.07, 6.45) is 0. The van der Waals surface area contributed by atoms with Gasteiger partial charge in [0.2, 0.25) is 0 Å². The summed E-state index contributed by atoms with van der Waals surface area (Å²) < 4.78 is 4.94. The van der Waals surface area contributed by atoms with E-state index >= 15 is 0 Å². The first-order valence-corrected chi connectivity index (χ1v) is 5.63. The van der Waals surface area contributed by atoms with Crippen LogP contribution in [0.4, 0.5) is 0 Å². The zero-order valence-electron chi connectivity index (χ0n) is 8.69. The van der Waals surface area contributed by atoms with E-state index in [2.05, 4.69) is 13.8 Å². The van der Waals surface area contributed by atoms with Gasteiger partial charge in [0.15, 0.2) is 0 Å². The van der Waals surface area contributed by atoms with Crippen LogP contribution in [0.2, 0.25) is 0 Å². The molecule has 0 aromatic carbocycles. The fourth-order valence-corrected chi connectivity index (χ4v) is 1.99. The maximum absolute atomic E-state index is 9.08. The number of hydrogen-bond donors (Lipinski definition) is 2. The van der Waals surface area contributed by atoms with Crippen molar-refractivity contribution >= 4 is 11.8 Å². The third kappa shape index (κ3) is 6.32. The molecule has 0 aromatic heterocycles. The first kappa shape index (κ1) is 13.2. The van der Waals surface area contributed by atoms with E-state index in [0.717, 1.165) is 5.75 Å². The van der Waals surface area contributed by atoms with E-state index in [0.29, 0.717) is 12.5 Å². The van der Waals surface area contributed by atoms with Gasteiger partial charge in [0, 0.05) is 18.4 Å². The Labute approximate surface area is 85.0 Å². The van der Waals surface area contributed by atoms with Gasteiger partial charge in [0.1, 0.15) is 0 Å². The van der Waals surface area contributed by atoms with Crippen molar-refractivity contribution in [3.8, 4) is 0 Å². The number of hydrogen-bond acceptors (Lipinski definition) is 4. The third-order valence-electron chi connectivity index (χ3n) is 1.66. The standard InChI is InChI=1S/C9H21NO2S/c1-7(2)6-13-9(4-11)8(10)5-12-3/h7-9,11H,4-6,10H2,1-3H3. The molecule has 0 aliphatic rings. The Morgan fingerprint density at radius 1 is 1.46 bits per heavy atom. The molecule has 0 rings (SSSR count). The maximum atomic E-state index is 9.08. The lowest BCUT2D eigenvalue weighted by Gasteiger charge is -2.21. The highest BCUT2D eigenvalue weighted by Gasteiger charge is 2.17.